The predicted octanol–water partition coefficient (Wildman–Crippen LogP) is 5.50. The molecule has 31 heavy (non-hydrogen) atoms. The van der Waals surface area contributed by atoms with Gasteiger partial charge in [0.05, 0.1) is 11.6 Å². The maximum Gasteiger partial charge on any atom is 0.348 e. The summed E-state index contributed by atoms with van der Waals surface area (Å²) in [5.41, 5.74) is 5.86. The first-order valence-electron chi connectivity index (χ1n) is 10.7. The Morgan fingerprint density at radius 3 is 2.52 bits per heavy atom. The van der Waals surface area contributed by atoms with E-state index in [1.54, 1.807) is 0 Å². The molecule has 0 spiro atoms. The number of fused-ring (bicyclic) bond motifs is 1. The van der Waals surface area contributed by atoms with Crippen LogP contribution in [0.2, 0.25) is 0 Å². The van der Waals surface area contributed by atoms with Crippen molar-refractivity contribution < 1.29 is 14.3 Å². The number of ether oxygens (including phenoxy) is 1. The molecule has 164 valence electrons. The van der Waals surface area contributed by atoms with Crippen LogP contribution in [0.4, 0.5) is 10.7 Å². The van der Waals surface area contributed by atoms with Crippen molar-refractivity contribution in [1.29, 1.82) is 0 Å². The number of nitrogens with zero attached hydrogens (tertiary/aromatic N) is 1. The minimum absolute atomic E-state index is 0.0873. The maximum atomic E-state index is 13.4. The van der Waals surface area contributed by atoms with E-state index in [0.717, 1.165) is 45.1 Å². The number of ketones is 1. The molecule has 0 unspecified atom stereocenters. The lowest BCUT2D eigenvalue weighted by molar-refractivity contribution is -0.118. The van der Waals surface area contributed by atoms with Gasteiger partial charge in [0.15, 0.2) is 5.78 Å². The van der Waals surface area contributed by atoms with Crippen molar-refractivity contribution in [3.63, 3.8) is 0 Å². The van der Waals surface area contributed by atoms with Gasteiger partial charge in [0.25, 0.3) is 0 Å². The number of Topliss-reactive ketones (excluding diaryl/α,β-unsaturated/α-hetero) is 1. The van der Waals surface area contributed by atoms with E-state index >= 15 is 0 Å². The van der Waals surface area contributed by atoms with E-state index < -0.39 is 0 Å². The molecule has 1 aliphatic heterocycles. The topological polar surface area (TPSA) is 58.6 Å². The molecule has 1 N–H and O–H groups in total. The Morgan fingerprint density at radius 1 is 1.23 bits per heavy atom. The largest absolute Gasteiger partial charge is 0.462 e. The van der Waals surface area contributed by atoms with Gasteiger partial charge in [-0.15, -0.1) is 11.3 Å². The van der Waals surface area contributed by atoms with E-state index in [1.165, 1.54) is 11.3 Å². The Balaban J connectivity index is 1.89. The summed E-state index contributed by atoms with van der Waals surface area (Å²) in [5, 5.41) is 4.48. The third-order valence-corrected chi connectivity index (χ3v) is 7.36. The zero-order chi connectivity index (χ0) is 22.5. The molecule has 0 saturated heterocycles. The smallest absolute Gasteiger partial charge is 0.348 e. The number of hydrogen-bond donors (Lipinski definition) is 1. The van der Waals surface area contributed by atoms with Gasteiger partial charge in [-0.3, -0.25) is 4.79 Å². The maximum absolute atomic E-state index is 13.4. The van der Waals surface area contributed by atoms with Gasteiger partial charge in [0.1, 0.15) is 4.88 Å². The van der Waals surface area contributed by atoms with E-state index in [2.05, 4.69) is 48.3 Å². The van der Waals surface area contributed by atoms with Gasteiger partial charge in [-0.2, -0.15) is 0 Å². The van der Waals surface area contributed by atoms with Crippen molar-refractivity contribution in [3.05, 3.63) is 57.1 Å². The number of thiophene rings is 1. The zero-order valence-corrected chi connectivity index (χ0v) is 19.9. The van der Waals surface area contributed by atoms with E-state index in [0.29, 0.717) is 17.9 Å². The van der Waals surface area contributed by atoms with Crippen molar-refractivity contribution in [3.8, 4) is 0 Å². The molecular formula is C25H30N2O3S. The van der Waals surface area contributed by atoms with E-state index in [4.69, 9.17) is 4.74 Å². The minimum Gasteiger partial charge on any atom is -0.462 e. The normalized spacial score (nSPS) is 19.4. The Kier molecular flexibility index (Phi) is 5.46. The number of nitrogens with one attached hydrogen (secondary N) is 1. The standard InChI is InChI=1S/C25H30N2O3S/c1-7-30-24(29)22-14(2)19-20(15-8-10-16(11-9-15)27(5)6)21-17(26-23(19)31-22)12-25(3,4)13-18(21)28/h8-11,20,26H,7,12-13H2,1-6H3/t20-/m0/s1. The Hall–Kier alpha value is -2.60. The second kappa shape index (κ2) is 7.83. The first kappa shape index (κ1) is 21.6. The number of carbonyl (C=O) groups excluding carboxylic acids is 2. The lowest BCUT2D eigenvalue weighted by Gasteiger charge is -2.38. The van der Waals surface area contributed by atoms with Gasteiger partial charge in [-0.25, -0.2) is 4.79 Å². The van der Waals surface area contributed by atoms with E-state index in [-0.39, 0.29) is 23.1 Å². The van der Waals surface area contributed by atoms with Crippen molar-refractivity contribution in [2.75, 3.05) is 30.9 Å². The van der Waals surface area contributed by atoms with Crippen molar-refractivity contribution in [2.45, 2.75) is 46.5 Å². The number of benzene rings is 1. The van der Waals surface area contributed by atoms with Crippen LogP contribution in [0.1, 0.15) is 65.9 Å². The number of anilines is 2. The number of allylic oxidation sites excluding steroid dienone is 2. The summed E-state index contributed by atoms with van der Waals surface area (Å²) in [4.78, 5) is 28.6. The minimum atomic E-state index is -0.299. The summed E-state index contributed by atoms with van der Waals surface area (Å²) in [6.45, 7) is 8.39. The molecule has 5 nitrogen and oxygen atoms in total. The first-order chi connectivity index (χ1) is 14.6. The predicted molar refractivity (Wildman–Crippen MR) is 126 cm³/mol. The number of esters is 1. The summed E-state index contributed by atoms with van der Waals surface area (Å²) in [7, 11) is 4.03. The van der Waals surface area contributed by atoms with Crippen LogP contribution in [0.25, 0.3) is 0 Å². The highest BCUT2D eigenvalue weighted by Crippen LogP contribution is 2.53. The zero-order valence-electron chi connectivity index (χ0n) is 19.1. The van der Waals surface area contributed by atoms with Gasteiger partial charge >= 0.3 is 5.97 Å². The van der Waals surface area contributed by atoms with Crippen LogP contribution in [0.3, 0.4) is 0 Å². The molecular weight excluding hydrogens is 408 g/mol. The Morgan fingerprint density at radius 2 is 1.90 bits per heavy atom. The average Bonchev–Trinajstić information content (AvgIpc) is 3.02. The number of hydrogen-bond acceptors (Lipinski definition) is 6. The molecule has 6 heteroatoms. The van der Waals surface area contributed by atoms with Crippen LogP contribution in [-0.4, -0.2) is 32.5 Å². The first-order valence-corrected chi connectivity index (χ1v) is 11.6. The van der Waals surface area contributed by atoms with Crippen LogP contribution in [0, 0.1) is 12.3 Å². The van der Waals surface area contributed by atoms with Crippen LogP contribution in [0.15, 0.2) is 35.5 Å². The summed E-state index contributed by atoms with van der Waals surface area (Å²) >= 11 is 1.43. The van der Waals surface area contributed by atoms with Gasteiger partial charge < -0.3 is 15.0 Å². The highest BCUT2D eigenvalue weighted by atomic mass is 32.1. The van der Waals surface area contributed by atoms with Crippen LogP contribution >= 0.6 is 11.3 Å². The van der Waals surface area contributed by atoms with Gasteiger partial charge in [-0.1, -0.05) is 26.0 Å². The molecule has 1 atom stereocenters. The van der Waals surface area contributed by atoms with Crippen LogP contribution in [0.5, 0.6) is 0 Å². The summed E-state index contributed by atoms with van der Waals surface area (Å²) in [6, 6.07) is 8.38. The third kappa shape index (κ3) is 3.78. The van der Waals surface area contributed by atoms with Crippen molar-refractivity contribution in [1.82, 2.24) is 0 Å². The molecule has 0 bridgehead atoms. The quantitative estimate of drug-likeness (QED) is 0.639. The Labute approximate surface area is 188 Å². The molecule has 0 fully saturated rings. The molecule has 0 amide bonds. The molecule has 0 radical (unpaired) electrons. The fraction of sp³-hybridized carbons (Fsp3) is 0.440. The van der Waals surface area contributed by atoms with Crippen LogP contribution in [-0.2, 0) is 9.53 Å². The van der Waals surface area contributed by atoms with Gasteiger partial charge in [-0.05, 0) is 48.9 Å². The lowest BCUT2D eigenvalue weighted by Crippen LogP contribution is -2.33. The summed E-state index contributed by atoms with van der Waals surface area (Å²) in [6.07, 6.45) is 1.34. The second-order valence-corrected chi connectivity index (χ2v) is 10.4. The molecule has 4 rings (SSSR count). The highest BCUT2D eigenvalue weighted by molar-refractivity contribution is 7.18. The lowest BCUT2D eigenvalue weighted by atomic mass is 9.69. The fourth-order valence-corrected chi connectivity index (χ4v) is 5.88. The fourth-order valence-electron chi connectivity index (χ4n) is 4.72. The average molecular weight is 439 g/mol. The highest BCUT2D eigenvalue weighted by Gasteiger charge is 2.42. The molecule has 2 aromatic rings. The summed E-state index contributed by atoms with van der Waals surface area (Å²) < 4.78 is 5.30. The summed E-state index contributed by atoms with van der Waals surface area (Å²) in [5.74, 6) is -0.285. The SMILES string of the molecule is CCOC(=O)c1sc2c(c1C)[C@H](c1ccc(N(C)C)cc1)C1=C(CC(C)(C)CC1=O)N2. The molecule has 1 aromatic carbocycles. The second-order valence-electron chi connectivity index (χ2n) is 9.40. The van der Waals surface area contributed by atoms with Gasteiger partial charge in [0, 0.05) is 49.0 Å². The van der Waals surface area contributed by atoms with Crippen molar-refractivity contribution >= 4 is 33.8 Å². The molecule has 1 aromatic heterocycles. The Bertz CT molecular complexity index is 1080. The number of carbonyl (C=O) groups is 2. The molecule has 1 aliphatic carbocycles. The van der Waals surface area contributed by atoms with Crippen molar-refractivity contribution in [2.24, 2.45) is 5.41 Å². The van der Waals surface area contributed by atoms with Gasteiger partial charge in [0.2, 0.25) is 0 Å². The van der Waals surface area contributed by atoms with E-state index in [1.807, 2.05) is 27.9 Å². The molecule has 0 saturated carbocycles. The third-order valence-electron chi connectivity index (χ3n) is 6.16. The number of rotatable bonds is 4. The van der Waals surface area contributed by atoms with Crippen LogP contribution < -0.4 is 10.2 Å². The monoisotopic (exact) mass is 438 g/mol. The molecule has 2 heterocycles. The van der Waals surface area contributed by atoms with E-state index in [9.17, 15) is 9.59 Å². The molecule has 2 aliphatic rings.